The minimum Gasteiger partial charge on any atom is -0.326 e. The van der Waals surface area contributed by atoms with Crippen molar-refractivity contribution in [3.63, 3.8) is 0 Å². The van der Waals surface area contributed by atoms with Crippen LogP contribution in [-0.4, -0.2) is 10.2 Å². The van der Waals surface area contributed by atoms with Gasteiger partial charge in [0.2, 0.25) is 0 Å². The predicted octanol–water partition coefficient (Wildman–Crippen LogP) is 1.86. The number of carbonyl (C=O) groups is 1. The van der Waals surface area contributed by atoms with Gasteiger partial charge in [0, 0.05) is 18.3 Å². The average Bonchev–Trinajstić information content (AvgIpc) is 2.16. The summed E-state index contributed by atoms with van der Waals surface area (Å²) in [6, 6.07) is 1.13. The Hall–Kier alpha value is -1.07. The number of rotatable bonds is 3. The summed E-state index contributed by atoms with van der Waals surface area (Å²) < 4.78 is 24.4. The Bertz CT molecular complexity index is 357. The van der Waals surface area contributed by atoms with Gasteiger partial charge in [-0.05, 0) is 23.2 Å². The van der Waals surface area contributed by atoms with Crippen LogP contribution in [0.15, 0.2) is 12.3 Å². The second-order valence-corrected chi connectivity index (χ2v) is 2.90. The van der Waals surface area contributed by atoms with Gasteiger partial charge in [0.1, 0.15) is 5.69 Å². The first kappa shape index (κ1) is 11.0. The fourth-order valence-electron chi connectivity index (χ4n) is 0.981. The Morgan fingerprint density at radius 1 is 1.64 bits per heavy atom. The van der Waals surface area contributed by atoms with Crippen molar-refractivity contribution >= 4 is 16.8 Å². The van der Waals surface area contributed by atoms with Crippen molar-refractivity contribution in [2.45, 2.75) is 13.0 Å². The topological polar surface area (TPSA) is 56.0 Å². The molecule has 1 aromatic rings. The number of hydrogen-bond acceptors (Lipinski definition) is 3. The van der Waals surface area contributed by atoms with E-state index in [1.807, 2.05) is 0 Å². The van der Waals surface area contributed by atoms with Crippen LogP contribution >= 0.6 is 11.6 Å². The number of carbonyl (C=O) groups excluding carboxylic acids is 1. The third-order valence-corrected chi connectivity index (χ3v) is 1.82. The number of nitrogens with zero attached hydrogens (tertiary/aromatic N) is 1. The quantitative estimate of drug-likeness (QED) is 0.791. The van der Waals surface area contributed by atoms with E-state index in [1.165, 1.54) is 0 Å². The van der Waals surface area contributed by atoms with Gasteiger partial charge in [0.25, 0.3) is 11.7 Å². The third kappa shape index (κ3) is 2.24. The van der Waals surface area contributed by atoms with E-state index in [1.54, 1.807) is 0 Å². The van der Waals surface area contributed by atoms with Crippen LogP contribution in [0.4, 0.5) is 8.78 Å². The molecule has 0 aliphatic carbocycles. The fourth-order valence-corrected chi connectivity index (χ4v) is 1.15. The van der Waals surface area contributed by atoms with Gasteiger partial charge in [0.05, 0.1) is 0 Å². The maximum atomic E-state index is 12.2. The SMILES string of the molecule is NCc1cc(C(F)F)cnc1C(=O)Cl. The highest BCUT2D eigenvalue weighted by Crippen LogP contribution is 2.20. The fraction of sp³-hybridized carbons (Fsp3) is 0.250. The molecule has 1 heterocycles. The largest absolute Gasteiger partial charge is 0.326 e. The lowest BCUT2D eigenvalue weighted by atomic mass is 10.1. The summed E-state index contributed by atoms with van der Waals surface area (Å²) in [6.07, 6.45) is -1.72. The standard InChI is InChI=1S/C8H7ClF2N2O/c9-7(14)6-4(2-12)1-5(3-13-6)8(10)11/h1,3,8H,2,12H2. The maximum Gasteiger partial charge on any atom is 0.271 e. The number of nitrogens with two attached hydrogens (primary N) is 1. The molecule has 3 nitrogen and oxygen atoms in total. The zero-order valence-electron chi connectivity index (χ0n) is 7.01. The van der Waals surface area contributed by atoms with Gasteiger partial charge in [-0.25, -0.2) is 8.78 Å². The van der Waals surface area contributed by atoms with E-state index in [9.17, 15) is 13.6 Å². The molecule has 0 saturated heterocycles. The smallest absolute Gasteiger partial charge is 0.271 e. The molecule has 6 heteroatoms. The van der Waals surface area contributed by atoms with Crippen molar-refractivity contribution in [1.29, 1.82) is 0 Å². The molecule has 0 aromatic carbocycles. The zero-order chi connectivity index (χ0) is 10.7. The van der Waals surface area contributed by atoms with Crippen molar-refractivity contribution in [3.05, 3.63) is 29.1 Å². The van der Waals surface area contributed by atoms with E-state index in [-0.39, 0.29) is 23.4 Å². The Labute approximate surface area is 83.9 Å². The van der Waals surface area contributed by atoms with E-state index in [2.05, 4.69) is 4.98 Å². The van der Waals surface area contributed by atoms with Crippen molar-refractivity contribution in [2.75, 3.05) is 0 Å². The lowest BCUT2D eigenvalue weighted by molar-refractivity contribution is 0.107. The first-order valence-electron chi connectivity index (χ1n) is 3.73. The number of aromatic nitrogens is 1. The highest BCUT2D eigenvalue weighted by molar-refractivity contribution is 6.67. The summed E-state index contributed by atoms with van der Waals surface area (Å²) in [5.41, 5.74) is 5.14. The molecule has 2 N–H and O–H groups in total. The van der Waals surface area contributed by atoms with E-state index >= 15 is 0 Å². The molecule has 1 aromatic heterocycles. The monoisotopic (exact) mass is 220 g/mol. The normalized spacial score (nSPS) is 10.6. The lowest BCUT2D eigenvalue weighted by Crippen LogP contribution is -2.07. The summed E-state index contributed by atoms with van der Waals surface area (Å²) >= 11 is 5.17. The summed E-state index contributed by atoms with van der Waals surface area (Å²) in [4.78, 5) is 14.3. The third-order valence-electron chi connectivity index (χ3n) is 1.65. The summed E-state index contributed by atoms with van der Waals surface area (Å²) in [5, 5.41) is -0.800. The van der Waals surface area contributed by atoms with Crippen LogP contribution in [0.5, 0.6) is 0 Å². The zero-order valence-corrected chi connectivity index (χ0v) is 7.76. The van der Waals surface area contributed by atoms with Crippen LogP contribution in [0, 0.1) is 0 Å². The molecule has 0 aliphatic rings. The lowest BCUT2D eigenvalue weighted by Gasteiger charge is -2.05. The Balaban J connectivity index is 3.18. The van der Waals surface area contributed by atoms with Gasteiger partial charge in [-0.1, -0.05) is 0 Å². The molecule has 0 aliphatic heterocycles. The molecule has 0 fully saturated rings. The molecule has 0 amide bonds. The van der Waals surface area contributed by atoms with Crippen LogP contribution in [0.1, 0.15) is 28.0 Å². The molecule has 0 bridgehead atoms. The first-order chi connectivity index (χ1) is 6.56. The second kappa shape index (κ2) is 4.43. The van der Waals surface area contributed by atoms with Gasteiger partial charge in [-0.3, -0.25) is 9.78 Å². The maximum absolute atomic E-state index is 12.2. The van der Waals surface area contributed by atoms with Crippen molar-refractivity contribution in [3.8, 4) is 0 Å². The molecule has 0 spiro atoms. The van der Waals surface area contributed by atoms with Crippen LogP contribution in [0.2, 0.25) is 0 Å². The number of pyridine rings is 1. The summed E-state index contributed by atoms with van der Waals surface area (Å²) in [6.45, 7) is -0.0542. The van der Waals surface area contributed by atoms with Gasteiger partial charge >= 0.3 is 0 Å². The minimum absolute atomic E-state index is 0.0542. The number of alkyl halides is 2. The van der Waals surface area contributed by atoms with E-state index in [0.717, 1.165) is 12.3 Å². The molecule has 0 atom stereocenters. The van der Waals surface area contributed by atoms with Crippen LogP contribution < -0.4 is 5.73 Å². The van der Waals surface area contributed by atoms with Crippen molar-refractivity contribution < 1.29 is 13.6 Å². The molecular weight excluding hydrogens is 214 g/mol. The first-order valence-corrected chi connectivity index (χ1v) is 4.11. The number of halogens is 3. The van der Waals surface area contributed by atoms with E-state index in [4.69, 9.17) is 17.3 Å². The van der Waals surface area contributed by atoms with E-state index in [0.29, 0.717) is 0 Å². The molecule has 14 heavy (non-hydrogen) atoms. The summed E-state index contributed by atoms with van der Waals surface area (Å²) in [7, 11) is 0. The van der Waals surface area contributed by atoms with E-state index < -0.39 is 11.7 Å². The molecular formula is C8H7ClF2N2O. The second-order valence-electron chi connectivity index (χ2n) is 2.55. The molecule has 1 rings (SSSR count). The predicted molar refractivity (Wildman–Crippen MR) is 47.3 cm³/mol. The van der Waals surface area contributed by atoms with Gasteiger partial charge < -0.3 is 5.73 Å². The Kier molecular flexibility index (Phi) is 3.49. The number of hydrogen-bond donors (Lipinski definition) is 1. The molecule has 76 valence electrons. The van der Waals surface area contributed by atoms with Crippen LogP contribution in [0.3, 0.4) is 0 Å². The minimum atomic E-state index is -2.63. The Morgan fingerprint density at radius 3 is 2.71 bits per heavy atom. The van der Waals surface area contributed by atoms with Crippen LogP contribution in [0.25, 0.3) is 0 Å². The molecule has 0 radical (unpaired) electrons. The van der Waals surface area contributed by atoms with Gasteiger partial charge in [0.15, 0.2) is 0 Å². The average molecular weight is 221 g/mol. The molecule has 0 unspecified atom stereocenters. The van der Waals surface area contributed by atoms with Gasteiger partial charge in [-0.2, -0.15) is 0 Å². The van der Waals surface area contributed by atoms with Crippen molar-refractivity contribution in [2.24, 2.45) is 5.73 Å². The van der Waals surface area contributed by atoms with Gasteiger partial charge in [-0.15, -0.1) is 0 Å². The van der Waals surface area contributed by atoms with Crippen molar-refractivity contribution in [1.82, 2.24) is 4.98 Å². The highest BCUT2D eigenvalue weighted by atomic mass is 35.5. The highest BCUT2D eigenvalue weighted by Gasteiger charge is 2.14. The van der Waals surface area contributed by atoms with Crippen LogP contribution in [-0.2, 0) is 6.54 Å². The Morgan fingerprint density at radius 2 is 2.29 bits per heavy atom. The summed E-state index contributed by atoms with van der Waals surface area (Å²) in [5.74, 6) is 0. The molecule has 0 saturated carbocycles.